The predicted octanol–water partition coefficient (Wildman–Crippen LogP) is 10.5. The van der Waals surface area contributed by atoms with E-state index in [0.29, 0.717) is 19.4 Å². The van der Waals surface area contributed by atoms with Crippen LogP contribution in [0.15, 0.2) is 60.7 Å². The minimum absolute atomic E-state index is 0.00767. The van der Waals surface area contributed by atoms with Gasteiger partial charge in [0.05, 0.1) is 6.61 Å². The molecule has 3 amide bonds. The Morgan fingerprint density at radius 1 is 0.625 bits per heavy atom. The number of rotatable bonds is 36. The summed E-state index contributed by atoms with van der Waals surface area (Å²) in [5, 5.41) is 38.5. The Labute approximate surface area is 386 Å². The average Bonchev–Trinajstić information content (AvgIpc) is 3.31. The standard InChI is InChI=1S/C53H87N3O8/c1-3-5-7-9-11-13-14-15-16-17-18-19-21-23-25-33-39-56(47(58)38-32-24-22-20-12-10-8-6-4-2)52-48(50(60)49(59)46(41-57)64-52)55-51(61)45(40-43-34-28-26-29-35-43)54-53(62)63-42-44-36-30-27-31-37-44/h26-31,34-37,45-46,48-50,52,57,59-60H,3-25,32-33,38-42H2,1-2H3,(H,54,62)(H,55,61)/t45-,46+,48+,49+,50+,52+/m0/s1. The molecule has 1 aliphatic rings. The van der Waals surface area contributed by atoms with Crippen LogP contribution in [0.3, 0.4) is 0 Å². The Morgan fingerprint density at radius 3 is 1.56 bits per heavy atom. The highest BCUT2D eigenvalue weighted by Gasteiger charge is 2.48. The fourth-order valence-corrected chi connectivity index (χ4v) is 8.71. The third-order valence-corrected chi connectivity index (χ3v) is 12.7. The summed E-state index contributed by atoms with van der Waals surface area (Å²) in [6.07, 6.45) is 23.8. The van der Waals surface area contributed by atoms with E-state index < -0.39 is 55.2 Å². The number of hydrogen-bond donors (Lipinski definition) is 5. The first-order chi connectivity index (χ1) is 31.3. The first-order valence-corrected chi connectivity index (χ1v) is 25.5. The molecule has 0 saturated carbocycles. The smallest absolute Gasteiger partial charge is 0.408 e. The summed E-state index contributed by atoms with van der Waals surface area (Å²) >= 11 is 0. The number of alkyl carbamates (subject to hydrolysis) is 1. The van der Waals surface area contributed by atoms with Gasteiger partial charge in [0.25, 0.3) is 0 Å². The predicted molar refractivity (Wildman–Crippen MR) is 256 cm³/mol. The van der Waals surface area contributed by atoms with Crippen molar-refractivity contribution in [3.8, 4) is 0 Å². The van der Waals surface area contributed by atoms with Crippen molar-refractivity contribution in [2.75, 3.05) is 13.2 Å². The van der Waals surface area contributed by atoms with Crippen LogP contribution in [0, 0.1) is 0 Å². The second kappa shape index (κ2) is 34.8. The fraction of sp³-hybridized carbons (Fsp3) is 0.717. The van der Waals surface area contributed by atoms with Gasteiger partial charge in [0.15, 0.2) is 6.23 Å². The SMILES string of the molecule is CCCCCCCCCCCCCCCCCCN(C(=O)CCCCCCCCCCC)[C@@H]1O[C@H](CO)[C@@H](O)[C@H](O)[C@H]1NC(=O)[C@H](Cc1ccccc1)NC(=O)OCc1ccccc1. The Hall–Kier alpha value is -3.51. The van der Waals surface area contributed by atoms with Crippen molar-refractivity contribution in [2.45, 2.75) is 230 Å². The van der Waals surface area contributed by atoms with Crippen molar-refractivity contribution >= 4 is 17.9 Å². The molecule has 0 spiro atoms. The lowest BCUT2D eigenvalue weighted by Crippen LogP contribution is -2.70. The number of amides is 3. The van der Waals surface area contributed by atoms with Gasteiger partial charge >= 0.3 is 6.09 Å². The normalized spacial score (nSPS) is 18.9. The molecule has 1 saturated heterocycles. The van der Waals surface area contributed by atoms with Gasteiger partial charge in [-0.2, -0.15) is 0 Å². The monoisotopic (exact) mass is 894 g/mol. The molecule has 2 aromatic rings. The summed E-state index contributed by atoms with van der Waals surface area (Å²) < 4.78 is 11.7. The summed E-state index contributed by atoms with van der Waals surface area (Å²) in [5.41, 5.74) is 1.57. The minimum atomic E-state index is -1.57. The van der Waals surface area contributed by atoms with Crippen LogP contribution in [0.2, 0.25) is 0 Å². The lowest BCUT2D eigenvalue weighted by molar-refractivity contribution is -0.231. The third kappa shape index (κ3) is 22.6. The molecule has 0 radical (unpaired) electrons. The van der Waals surface area contributed by atoms with E-state index in [1.54, 1.807) is 4.90 Å². The molecule has 6 atom stereocenters. The van der Waals surface area contributed by atoms with E-state index in [9.17, 15) is 29.7 Å². The summed E-state index contributed by atoms with van der Waals surface area (Å²) in [7, 11) is 0. The Bertz CT molecular complexity index is 1480. The number of carbonyl (C=O) groups is 3. The number of nitrogens with one attached hydrogen (secondary N) is 2. The maximum Gasteiger partial charge on any atom is 0.408 e. The quantitative estimate of drug-likeness (QED) is 0.0423. The number of carbonyl (C=O) groups excluding carboxylic acids is 3. The van der Waals surface area contributed by atoms with Crippen LogP contribution in [0.5, 0.6) is 0 Å². The van der Waals surface area contributed by atoms with Gasteiger partial charge < -0.3 is 40.3 Å². The second-order valence-corrected chi connectivity index (χ2v) is 18.2. The molecule has 2 aromatic carbocycles. The number of unbranched alkanes of at least 4 members (excludes halogenated alkanes) is 23. The van der Waals surface area contributed by atoms with Gasteiger partial charge in [0.2, 0.25) is 11.8 Å². The van der Waals surface area contributed by atoms with Crippen molar-refractivity contribution in [3.63, 3.8) is 0 Å². The number of ether oxygens (including phenoxy) is 2. The topological polar surface area (TPSA) is 158 Å². The lowest BCUT2D eigenvalue weighted by atomic mass is 9.94. The third-order valence-electron chi connectivity index (χ3n) is 12.7. The maximum absolute atomic E-state index is 14.3. The van der Waals surface area contributed by atoms with Crippen LogP contribution in [0.1, 0.15) is 192 Å². The number of benzene rings is 2. The van der Waals surface area contributed by atoms with E-state index in [0.717, 1.165) is 49.7 Å². The van der Waals surface area contributed by atoms with E-state index in [1.165, 1.54) is 109 Å². The van der Waals surface area contributed by atoms with Gasteiger partial charge in [0, 0.05) is 19.4 Å². The molecule has 0 bridgehead atoms. The highest BCUT2D eigenvalue weighted by molar-refractivity contribution is 5.86. The molecule has 0 unspecified atom stereocenters. The highest BCUT2D eigenvalue weighted by Crippen LogP contribution is 2.26. The van der Waals surface area contributed by atoms with Crippen LogP contribution >= 0.6 is 0 Å². The van der Waals surface area contributed by atoms with Gasteiger partial charge in [-0.25, -0.2) is 4.79 Å². The van der Waals surface area contributed by atoms with Gasteiger partial charge in [-0.1, -0.05) is 222 Å². The molecule has 1 fully saturated rings. The molecule has 1 aliphatic heterocycles. The summed E-state index contributed by atoms with van der Waals surface area (Å²) in [4.78, 5) is 43.2. The van der Waals surface area contributed by atoms with Gasteiger partial charge in [0.1, 0.15) is 37.0 Å². The van der Waals surface area contributed by atoms with Crippen molar-refractivity contribution in [3.05, 3.63) is 71.8 Å². The zero-order valence-corrected chi connectivity index (χ0v) is 39.8. The fourth-order valence-electron chi connectivity index (χ4n) is 8.71. The van der Waals surface area contributed by atoms with Gasteiger partial charge in [-0.3, -0.25) is 9.59 Å². The van der Waals surface area contributed by atoms with E-state index in [-0.39, 0.29) is 25.4 Å². The number of aliphatic hydroxyl groups is 3. The molecule has 64 heavy (non-hydrogen) atoms. The molecule has 362 valence electrons. The average molecular weight is 894 g/mol. The molecule has 11 heteroatoms. The van der Waals surface area contributed by atoms with Gasteiger partial charge in [-0.05, 0) is 24.0 Å². The van der Waals surface area contributed by atoms with E-state index in [2.05, 4.69) is 24.5 Å². The maximum atomic E-state index is 14.3. The number of aliphatic hydroxyl groups excluding tert-OH is 3. The zero-order valence-electron chi connectivity index (χ0n) is 39.8. The van der Waals surface area contributed by atoms with Crippen LogP contribution in [0.25, 0.3) is 0 Å². The number of hydrogen-bond acceptors (Lipinski definition) is 8. The Morgan fingerprint density at radius 2 is 1.08 bits per heavy atom. The Balaban J connectivity index is 1.66. The molecular formula is C53H87N3O8. The Kier molecular flexibility index (Phi) is 29.8. The van der Waals surface area contributed by atoms with Crippen LogP contribution < -0.4 is 10.6 Å². The van der Waals surface area contributed by atoms with Crippen molar-refractivity contribution < 1.29 is 39.2 Å². The van der Waals surface area contributed by atoms with Crippen molar-refractivity contribution in [2.24, 2.45) is 0 Å². The summed E-state index contributed by atoms with van der Waals surface area (Å²) in [5.74, 6) is -0.793. The van der Waals surface area contributed by atoms with E-state index in [4.69, 9.17) is 9.47 Å². The summed E-state index contributed by atoms with van der Waals surface area (Å²) in [6.45, 7) is 4.24. The van der Waals surface area contributed by atoms with Crippen molar-refractivity contribution in [1.82, 2.24) is 15.5 Å². The van der Waals surface area contributed by atoms with Crippen LogP contribution in [-0.4, -0.2) is 87.9 Å². The lowest BCUT2D eigenvalue weighted by Gasteiger charge is -2.47. The molecule has 11 nitrogen and oxygen atoms in total. The molecule has 0 aromatic heterocycles. The summed E-state index contributed by atoms with van der Waals surface area (Å²) in [6, 6.07) is 16.1. The molecular weight excluding hydrogens is 807 g/mol. The molecule has 0 aliphatic carbocycles. The largest absolute Gasteiger partial charge is 0.445 e. The minimum Gasteiger partial charge on any atom is -0.445 e. The first-order valence-electron chi connectivity index (χ1n) is 25.5. The zero-order chi connectivity index (χ0) is 46.0. The molecule has 5 N–H and O–H groups in total. The first kappa shape index (κ1) is 54.8. The molecule has 3 rings (SSSR count). The van der Waals surface area contributed by atoms with Crippen LogP contribution in [0.4, 0.5) is 4.79 Å². The van der Waals surface area contributed by atoms with E-state index in [1.807, 2.05) is 60.7 Å². The number of nitrogens with zero attached hydrogens (tertiary/aromatic N) is 1. The molecule has 1 heterocycles. The van der Waals surface area contributed by atoms with Crippen molar-refractivity contribution in [1.29, 1.82) is 0 Å². The highest BCUT2D eigenvalue weighted by atomic mass is 16.6. The second-order valence-electron chi connectivity index (χ2n) is 18.2. The van der Waals surface area contributed by atoms with Gasteiger partial charge in [-0.15, -0.1) is 0 Å². The van der Waals surface area contributed by atoms with Crippen LogP contribution in [-0.2, 0) is 32.1 Å². The van der Waals surface area contributed by atoms with E-state index >= 15 is 0 Å².